The number of carbonyl (C=O) groups excluding carboxylic acids is 1. The summed E-state index contributed by atoms with van der Waals surface area (Å²) < 4.78 is 0. The number of fused-ring (bicyclic) bond motifs is 2. The molecular weight excluding hydrogens is 338 g/mol. The van der Waals surface area contributed by atoms with Crippen molar-refractivity contribution in [2.75, 3.05) is 18.4 Å². The zero-order chi connectivity index (χ0) is 18.6. The molecule has 5 heteroatoms. The number of hydrogen-bond acceptors (Lipinski definition) is 4. The number of para-hydroxylation sites is 1. The van der Waals surface area contributed by atoms with E-state index >= 15 is 0 Å². The van der Waals surface area contributed by atoms with Crippen LogP contribution in [0.15, 0.2) is 48.5 Å². The van der Waals surface area contributed by atoms with Crippen LogP contribution in [0.25, 0.3) is 10.9 Å². The molecular formula is C22H23N3O2. The Balaban J connectivity index is 1.39. The van der Waals surface area contributed by atoms with Gasteiger partial charge in [-0.15, -0.1) is 0 Å². The summed E-state index contributed by atoms with van der Waals surface area (Å²) >= 11 is 0. The molecule has 0 spiro atoms. The molecule has 0 atom stereocenters. The lowest BCUT2D eigenvalue weighted by Gasteiger charge is -2.14. The lowest BCUT2D eigenvalue weighted by molar-refractivity contribution is -0.115. The number of aromatic nitrogens is 1. The van der Waals surface area contributed by atoms with E-state index < -0.39 is 0 Å². The van der Waals surface area contributed by atoms with Gasteiger partial charge in [0.15, 0.2) is 0 Å². The summed E-state index contributed by atoms with van der Waals surface area (Å²) in [6.45, 7) is 0.969. The van der Waals surface area contributed by atoms with Crippen LogP contribution >= 0.6 is 0 Å². The van der Waals surface area contributed by atoms with Crippen molar-refractivity contribution in [3.8, 4) is 5.75 Å². The van der Waals surface area contributed by atoms with Crippen LogP contribution in [-0.4, -0.2) is 29.1 Å². The van der Waals surface area contributed by atoms with E-state index in [2.05, 4.69) is 10.6 Å². The fourth-order valence-electron chi connectivity index (χ4n) is 3.63. The fourth-order valence-corrected chi connectivity index (χ4v) is 3.63. The van der Waals surface area contributed by atoms with Gasteiger partial charge in [-0.25, -0.2) is 0 Å². The van der Waals surface area contributed by atoms with Crippen LogP contribution in [0, 0.1) is 0 Å². The summed E-state index contributed by atoms with van der Waals surface area (Å²) in [5, 5.41) is 16.6. The summed E-state index contributed by atoms with van der Waals surface area (Å²) in [5.74, 6) is 0.231. The highest BCUT2D eigenvalue weighted by Crippen LogP contribution is 2.33. The Kier molecular flexibility index (Phi) is 5.03. The Labute approximate surface area is 158 Å². The van der Waals surface area contributed by atoms with Gasteiger partial charge in [-0.1, -0.05) is 30.3 Å². The molecule has 0 saturated carbocycles. The first-order valence-corrected chi connectivity index (χ1v) is 9.39. The minimum atomic E-state index is -0.0360. The highest BCUT2D eigenvalue weighted by molar-refractivity contribution is 6.03. The SMILES string of the molecule is O=C(CNCCc1ccc(O)cc1)Nc1c2c(nc3ccccc13)CCC2. The van der Waals surface area contributed by atoms with Gasteiger partial charge in [0.25, 0.3) is 0 Å². The Bertz CT molecular complexity index is 967. The summed E-state index contributed by atoms with van der Waals surface area (Å²) in [5.41, 5.74) is 5.29. The van der Waals surface area contributed by atoms with E-state index in [-0.39, 0.29) is 18.2 Å². The fraction of sp³-hybridized carbons (Fsp3) is 0.273. The summed E-state index contributed by atoms with van der Waals surface area (Å²) in [6, 6.07) is 15.1. The summed E-state index contributed by atoms with van der Waals surface area (Å²) in [7, 11) is 0. The number of aromatic hydroxyl groups is 1. The van der Waals surface area contributed by atoms with Gasteiger partial charge in [0, 0.05) is 11.1 Å². The highest BCUT2D eigenvalue weighted by Gasteiger charge is 2.20. The third-order valence-electron chi connectivity index (χ3n) is 5.00. The maximum absolute atomic E-state index is 12.5. The lowest BCUT2D eigenvalue weighted by Crippen LogP contribution is -2.30. The molecule has 27 heavy (non-hydrogen) atoms. The largest absolute Gasteiger partial charge is 0.508 e. The van der Waals surface area contributed by atoms with Gasteiger partial charge in [0.2, 0.25) is 5.91 Å². The molecule has 3 N–H and O–H groups in total. The maximum atomic E-state index is 12.5. The van der Waals surface area contributed by atoms with E-state index in [9.17, 15) is 9.90 Å². The van der Waals surface area contributed by atoms with Crippen molar-refractivity contribution in [2.45, 2.75) is 25.7 Å². The number of rotatable bonds is 6. The molecule has 4 rings (SSSR count). The first-order chi connectivity index (χ1) is 13.2. The number of aryl methyl sites for hydroxylation is 1. The molecule has 0 bridgehead atoms. The van der Waals surface area contributed by atoms with Gasteiger partial charge in [0.1, 0.15) is 5.75 Å². The van der Waals surface area contributed by atoms with Gasteiger partial charge in [-0.3, -0.25) is 9.78 Å². The summed E-state index contributed by atoms with van der Waals surface area (Å²) in [4.78, 5) is 17.2. The van der Waals surface area contributed by atoms with E-state index in [4.69, 9.17) is 4.98 Å². The van der Waals surface area contributed by atoms with E-state index in [1.807, 2.05) is 36.4 Å². The van der Waals surface area contributed by atoms with Crippen LogP contribution in [-0.2, 0) is 24.1 Å². The maximum Gasteiger partial charge on any atom is 0.238 e. The molecule has 0 aliphatic heterocycles. The molecule has 1 amide bonds. The van der Waals surface area contributed by atoms with Crippen LogP contribution in [0.5, 0.6) is 5.75 Å². The average molecular weight is 361 g/mol. The number of nitrogens with one attached hydrogen (secondary N) is 2. The van der Waals surface area contributed by atoms with Crippen molar-refractivity contribution in [1.29, 1.82) is 0 Å². The Morgan fingerprint density at radius 2 is 1.89 bits per heavy atom. The van der Waals surface area contributed by atoms with Gasteiger partial charge in [-0.2, -0.15) is 0 Å². The van der Waals surface area contributed by atoms with Gasteiger partial charge in [0.05, 0.1) is 17.7 Å². The van der Waals surface area contributed by atoms with Gasteiger partial charge < -0.3 is 15.7 Å². The molecule has 0 unspecified atom stereocenters. The van der Waals surface area contributed by atoms with E-state index in [1.165, 1.54) is 5.56 Å². The zero-order valence-corrected chi connectivity index (χ0v) is 15.2. The number of phenols is 1. The van der Waals surface area contributed by atoms with E-state index in [0.717, 1.165) is 53.5 Å². The molecule has 1 aliphatic carbocycles. The monoisotopic (exact) mass is 361 g/mol. The van der Waals surface area contributed by atoms with Crippen molar-refractivity contribution in [2.24, 2.45) is 0 Å². The number of nitrogens with zero attached hydrogens (tertiary/aromatic N) is 1. The molecule has 2 aromatic carbocycles. The molecule has 1 aromatic heterocycles. The molecule has 138 valence electrons. The number of anilines is 1. The van der Waals surface area contributed by atoms with E-state index in [0.29, 0.717) is 6.54 Å². The third-order valence-corrected chi connectivity index (χ3v) is 5.00. The third kappa shape index (κ3) is 3.93. The zero-order valence-electron chi connectivity index (χ0n) is 15.2. The van der Waals surface area contributed by atoms with Gasteiger partial charge >= 0.3 is 0 Å². The first kappa shape index (κ1) is 17.5. The predicted molar refractivity (Wildman–Crippen MR) is 107 cm³/mol. The Morgan fingerprint density at radius 3 is 2.74 bits per heavy atom. The highest BCUT2D eigenvalue weighted by atomic mass is 16.3. The number of phenolic OH excluding ortho intramolecular Hbond substituents is 1. The van der Waals surface area contributed by atoms with Crippen LogP contribution in [0.4, 0.5) is 5.69 Å². The first-order valence-electron chi connectivity index (χ1n) is 9.39. The van der Waals surface area contributed by atoms with E-state index in [1.54, 1.807) is 12.1 Å². The topological polar surface area (TPSA) is 74.2 Å². The Hall–Kier alpha value is -2.92. The van der Waals surface area contributed by atoms with Crippen molar-refractivity contribution >= 4 is 22.5 Å². The van der Waals surface area contributed by atoms with Crippen molar-refractivity contribution in [1.82, 2.24) is 10.3 Å². The van der Waals surface area contributed by atoms with Crippen molar-refractivity contribution in [3.05, 3.63) is 65.4 Å². The number of carbonyl (C=O) groups is 1. The normalized spacial score (nSPS) is 12.9. The number of pyridine rings is 1. The molecule has 5 nitrogen and oxygen atoms in total. The second-order valence-corrected chi connectivity index (χ2v) is 6.92. The molecule has 0 fully saturated rings. The molecule has 0 radical (unpaired) electrons. The van der Waals surface area contributed by atoms with Crippen LogP contribution in [0.2, 0.25) is 0 Å². The van der Waals surface area contributed by atoms with Crippen LogP contribution in [0.3, 0.4) is 0 Å². The van der Waals surface area contributed by atoms with Crippen molar-refractivity contribution in [3.63, 3.8) is 0 Å². The number of amides is 1. The standard InChI is InChI=1S/C22H23N3O2/c26-16-10-8-15(9-11-16)12-13-23-14-21(27)25-22-17-4-1-2-6-19(17)24-20-7-3-5-18(20)22/h1-2,4,6,8-11,23,26H,3,5,7,12-14H2,(H,24,25,27). The lowest BCUT2D eigenvalue weighted by atomic mass is 10.1. The van der Waals surface area contributed by atoms with Crippen LogP contribution in [0.1, 0.15) is 23.2 Å². The second-order valence-electron chi connectivity index (χ2n) is 6.92. The molecule has 1 aliphatic rings. The number of benzene rings is 2. The van der Waals surface area contributed by atoms with Crippen molar-refractivity contribution < 1.29 is 9.90 Å². The molecule has 0 saturated heterocycles. The molecule has 3 aromatic rings. The minimum Gasteiger partial charge on any atom is -0.508 e. The minimum absolute atomic E-state index is 0.0360. The quantitative estimate of drug-likeness (QED) is 0.590. The number of hydrogen-bond donors (Lipinski definition) is 3. The Morgan fingerprint density at radius 1 is 1.07 bits per heavy atom. The predicted octanol–water partition coefficient (Wildman–Crippen LogP) is 3.20. The smallest absolute Gasteiger partial charge is 0.238 e. The summed E-state index contributed by atoms with van der Waals surface area (Å²) in [6.07, 6.45) is 3.85. The second kappa shape index (κ2) is 7.76. The molecule has 1 heterocycles. The van der Waals surface area contributed by atoms with Crippen LogP contribution < -0.4 is 10.6 Å². The average Bonchev–Trinajstić information content (AvgIpc) is 3.15. The van der Waals surface area contributed by atoms with Gasteiger partial charge in [-0.05, 0) is 61.6 Å².